The van der Waals surface area contributed by atoms with Gasteiger partial charge in [-0.3, -0.25) is 9.59 Å². The lowest BCUT2D eigenvalue weighted by Gasteiger charge is -2.32. The number of carbonyl (C=O) groups excluding carboxylic acids is 2. The van der Waals surface area contributed by atoms with Crippen LogP contribution >= 0.6 is 0 Å². The summed E-state index contributed by atoms with van der Waals surface area (Å²) >= 11 is 0. The number of carbonyl (C=O) groups is 2. The zero-order valence-electron chi connectivity index (χ0n) is 18.9. The van der Waals surface area contributed by atoms with Crippen LogP contribution in [0.3, 0.4) is 0 Å². The highest BCUT2D eigenvalue weighted by atomic mass is 16.5. The lowest BCUT2D eigenvalue weighted by molar-refractivity contribution is -0.126. The Balaban J connectivity index is 1.71. The van der Waals surface area contributed by atoms with Crippen molar-refractivity contribution in [3.63, 3.8) is 0 Å². The van der Waals surface area contributed by atoms with Crippen molar-refractivity contribution in [2.24, 2.45) is 0 Å². The summed E-state index contributed by atoms with van der Waals surface area (Å²) in [6, 6.07) is 19.7. The molecule has 1 aromatic heterocycles. The minimum Gasteiger partial charge on any atom is -0.494 e. The minimum absolute atomic E-state index is 0.139. The van der Waals surface area contributed by atoms with E-state index in [0.29, 0.717) is 6.61 Å². The van der Waals surface area contributed by atoms with Crippen LogP contribution in [0.2, 0.25) is 0 Å². The molecule has 0 aliphatic heterocycles. The molecule has 1 N–H and O–H groups in total. The topological polar surface area (TPSA) is 71.8 Å². The molecule has 2 amide bonds. The van der Waals surface area contributed by atoms with Crippen LogP contribution in [0.1, 0.15) is 60.3 Å². The van der Waals surface area contributed by atoms with Gasteiger partial charge in [-0.1, -0.05) is 55.3 Å². The zero-order chi connectivity index (χ0) is 23.0. The Bertz CT molecular complexity index is 1030. The molecule has 3 aromatic rings. The third-order valence-corrected chi connectivity index (χ3v) is 5.96. The molecule has 0 unspecified atom stereocenters. The number of nitrogens with one attached hydrogen (secondary N) is 1. The molecular weight excluding hydrogens is 416 g/mol. The number of amides is 2. The monoisotopic (exact) mass is 446 g/mol. The number of nitrogens with zero attached hydrogens (tertiary/aromatic N) is 1. The van der Waals surface area contributed by atoms with E-state index >= 15 is 0 Å². The number of hydrogen-bond donors (Lipinski definition) is 1. The van der Waals surface area contributed by atoms with Gasteiger partial charge in [-0.2, -0.15) is 0 Å². The Hall–Kier alpha value is -3.54. The molecule has 0 bridgehead atoms. The largest absolute Gasteiger partial charge is 0.494 e. The van der Waals surface area contributed by atoms with E-state index in [1.54, 1.807) is 17.0 Å². The molecule has 33 heavy (non-hydrogen) atoms. The fraction of sp³-hybridized carbons (Fsp3) is 0.333. The highest BCUT2D eigenvalue weighted by Crippen LogP contribution is 2.29. The van der Waals surface area contributed by atoms with Gasteiger partial charge in [0.2, 0.25) is 5.91 Å². The molecular formula is C27H30N2O4. The Labute approximate surface area is 194 Å². The highest BCUT2D eigenvalue weighted by Gasteiger charge is 2.34. The summed E-state index contributed by atoms with van der Waals surface area (Å²) in [5.74, 6) is 0.421. The van der Waals surface area contributed by atoms with E-state index < -0.39 is 6.04 Å². The van der Waals surface area contributed by atoms with Gasteiger partial charge >= 0.3 is 0 Å². The van der Waals surface area contributed by atoms with Crippen LogP contribution in [0.5, 0.6) is 5.75 Å². The summed E-state index contributed by atoms with van der Waals surface area (Å²) in [5.41, 5.74) is 1.66. The van der Waals surface area contributed by atoms with E-state index in [-0.39, 0.29) is 30.2 Å². The summed E-state index contributed by atoms with van der Waals surface area (Å²) in [6.45, 7) is 2.76. The zero-order valence-corrected chi connectivity index (χ0v) is 18.9. The number of ether oxygens (including phenoxy) is 1. The van der Waals surface area contributed by atoms with Crippen molar-refractivity contribution < 1.29 is 18.7 Å². The maximum Gasteiger partial charge on any atom is 0.290 e. The normalized spacial score (nSPS) is 14.6. The molecule has 172 valence electrons. The molecule has 1 aliphatic rings. The third-order valence-electron chi connectivity index (χ3n) is 5.96. The van der Waals surface area contributed by atoms with Crippen LogP contribution in [0.25, 0.3) is 0 Å². The minimum atomic E-state index is -0.806. The van der Waals surface area contributed by atoms with E-state index in [1.807, 2.05) is 61.5 Å². The van der Waals surface area contributed by atoms with Crippen LogP contribution in [0.4, 0.5) is 0 Å². The summed E-state index contributed by atoms with van der Waals surface area (Å²) < 4.78 is 11.0. The first kappa shape index (κ1) is 22.6. The average molecular weight is 447 g/mol. The Morgan fingerprint density at radius 1 is 1.03 bits per heavy atom. The van der Waals surface area contributed by atoms with Gasteiger partial charge < -0.3 is 19.4 Å². The van der Waals surface area contributed by atoms with Crippen molar-refractivity contribution >= 4 is 11.8 Å². The van der Waals surface area contributed by atoms with E-state index in [0.717, 1.165) is 42.6 Å². The third kappa shape index (κ3) is 5.64. The maximum atomic E-state index is 13.6. The van der Waals surface area contributed by atoms with E-state index in [4.69, 9.17) is 9.15 Å². The molecule has 1 aliphatic carbocycles. The smallest absolute Gasteiger partial charge is 0.290 e. The summed E-state index contributed by atoms with van der Waals surface area (Å²) in [6.07, 6.45) is 5.62. The number of hydrogen-bond acceptors (Lipinski definition) is 4. The van der Waals surface area contributed by atoms with Gasteiger partial charge in [-0.25, -0.2) is 0 Å². The van der Waals surface area contributed by atoms with Crippen molar-refractivity contribution in [1.82, 2.24) is 10.2 Å². The summed E-state index contributed by atoms with van der Waals surface area (Å²) in [4.78, 5) is 28.8. The lowest BCUT2D eigenvalue weighted by atomic mass is 10.0. The average Bonchev–Trinajstić information content (AvgIpc) is 3.55. The second-order valence-electron chi connectivity index (χ2n) is 8.29. The molecule has 2 aromatic carbocycles. The van der Waals surface area contributed by atoms with Gasteiger partial charge in [-0.05, 0) is 55.2 Å². The van der Waals surface area contributed by atoms with Crippen molar-refractivity contribution in [1.29, 1.82) is 0 Å². The van der Waals surface area contributed by atoms with Crippen LogP contribution in [0, 0.1) is 0 Å². The molecule has 1 saturated carbocycles. The van der Waals surface area contributed by atoms with Crippen LogP contribution in [-0.2, 0) is 11.3 Å². The molecule has 6 heteroatoms. The predicted molar refractivity (Wildman–Crippen MR) is 126 cm³/mol. The highest BCUT2D eigenvalue weighted by molar-refractivity contribution is 5.96. The van der Waals surface area contributed by atoms with Crippen molar-refractivity contribution in [3.05, 3.63) is 89.9 Å². The van der Waals surface area contributed by atoms with Gasteiger partial charge in [0, 0.05) is 12.6 Å². The molecule has 6 nitrogen and oxygen atoms in total. The molecule has 4 rings (SSSR count). The van der Waals surface area contributed by atoms with Gasteiger partial charge in [0.05, 0.1) is 12.9 Å². The number of benzene rings is 2. The predicted octanol–water partition coefficient (Wildman–Crippen LogP) is 5.12. The molecule has 1 heterocycles. The first-order valence-electron chi connectivity index (χ1n) is 11.6. The Kier molecular flexibility index (Phi) is 7.45. The molecule has 1 fully saturated rings. The van der Waals surface area contributed by atoms with Gasteiger partial charge in [0.25, 0.3) is 5.91 Å². The van der Waals surface area contributed by atoms with E-state index in [1.165, 1.54) is 6.26 Å². The Morgan fingerprint density at radius 3 is 2.39 bits per heavy atom. The molecule has 0 spiro atoms. The number of rotatable bonds is 9. The SMILES string of the molecule is CCOc1ccc([C@@H](C(=O)NC2CCCC2)N(Cc2ccccc2)C(=O)c2ccco2)cc1. The van der Waals surface area contributed by atoms with Gasteiger partial charge in [0.1, 0.15) is 11.8 Å². The second-order valence-corrected chi connectivity index (χ2v) is 8.29. The summed E-state index contributed by atoms with van der Waals surface area (Å²) in [7, 11) is 0. The fourth-order valence-corrected chi connectivity index (χ4v) is 4.34. The van der Waals surface area contributed by atoms with E-state index in [2.05, 4.69) is 5.32 Å². The maximum absolute atomic E-state index is 13.6. The van der Waals surface area contributed by atoms with Crippen molar-refractivity contribution in [3.8, 4) is 5.75 Å². The second kappa shape index (κ2) is 10.9. The Morgan fingerprint density at radius 2 is 1.76 bits per heavy atom. The van der Waals surface area contributed by atoms with Crippen LogP contribution in [0.15, 0.2) is 77.4 Å². The standard InChI is InChI=1S/C27H30N2O4/c1-2-32-23-16-14-21(15-17-23)25(26(30)28-22-11-6-7-12-22)29(19-20-9-4-3-5-10-20)27(31)24-13-8-18-33-24/h3-5,8-10,13-18,22,25H,2,6-7,11-12,19H2,1H3,(H,28,30)/t25-/m0/s1. The fourth-order valence-electron chi connectivity index (χ4n) is 4.34. The number of furan rings is 1. The lowest BCUT2D eigenvalue weighted by Crippen LogP contribution is -2.45. The first-order valence-corrected chi connectivity index (χ1v) is 11.6. The van der Waals surface area contributed by atoms with Gasteiger partial charge in [-0.15, -0.1) is 0 Å². The quantitative estimate of drug-likeness (QED) is 0.495. The van der Waals surface area contributed by atoms with E-state index in [9.17, 15) is 9.59 Å². The van der Waals surface area contributed by atoms with Crippen molar-refractivity contribution in [2.75, 3.05) is 6.61 Å². The van der Waals surface area contributed by atoms with Gasteiger partial charge in [0.15, 0.2) is 5.76 Å². The van der Waals surface area contributed by atoms with Crippen molar-refractivity contribution in [2.45, 2.75) is 51.2 Å². The molecule has 0 saturated heterocycles. The molecule has 1 atom stereocenters. The molecule has 0 radical (unpaired) electrons. The summed E-state index contributed by atoms with van der Waals surface area (Å²) in [5, 5.41) is 3.19. The van der Waals surface area contributed by atoms with Crippen LogP contribution in [-0.4, -0.2) is 29.4 Å². The van der Waals surface area contributed by atoms with Crippen LogP contribution < -0.4 is 10.1 Å². The first-order chi connectivity index (χ1) is 16.2.